The van der Waals surface area contributed by atoms with Crippen LogP contribution in [0.2, 0.25) is 0 Å². The van der Waals surface area contributed by atoms with E-state index < -0.39 is 6.10 Å². The molecule has 1 aromatic carbocycles. The Hall–Kier alpha value is -1.10. The Morgan fingerprint density at radius 1 is 1.29 bits per heavy atom. The van der Waals surface area contributed by atoms with Gasteiger partial charge in [-0.1, -0.05) is 12.1 Å². The lowest BCUT2D eigenvalue weighted by Gasteiger charge is -2.15. The monoisotopic (exact) mass is 238 g/mol. The molecular weight excluding hydrogens is 220 g/mol. The lowest BCUT2D eigenvalue weighted by Crippen LogP contribution is -2.13. The van der Waals surface area contributed by atoms with E-state index >= 15 is 0 Å². The van der Waals surface area contributed by atoms with Crippen LogP contribution in [0, 0.1) is 0 Å². The van der Waals surface area contributed by atoms with Crippen LogP contribution in [-0.2, 0) is 9.47 Å². The second-order valence-corrected chi connectivity index (χ2v) is 3.92. The highest BCUT2D eigenvalue weighted by Gasteiger charge is 2.20. The topological polar surface area (TPSA) is 47.9 Å². The average Bonchev–Trinajstić information content (AvgIpc) is 2.83. The predicted octanol–water partition coefficient (Wildman–Crippen LogP) is 1.88. The Balaban J connectivity index is 1.91. The summed E-state index contributed by atoms with van der Waals surface area (Å²) in [5, 5.41) is 10.0. The summed E-state index contributed by atoms with van der Waals surface area (Å²) in [6.07, 6.45) is -0.376. The molecule has 1 aromatic rings. The maximum atomic E-state index is 10.0. The van der Waals surface area contributed by atoms with Crippen LogP contribution in [-0.4, -0.2) is 31.2 Å². The summed E-state index contributed by atoms with van der Waals surface area (Å²) in [6.45, 7) is 3.81. The Labute approximate surface area is 101 Å². The van der Waals surface area contributed by atoms with Crippen molar-refractivity contribution in [2.75, 3.05) is 19.8 Å². The maximum Gasteiger partial charge on any atom is 0.160 e. The number of hydrogen-bond donors (Lipinski definition) is 1. The predicted molar refractivity (Wildman–Crippen MR) is 62.9 cm³/mol. The molecule has 1 N–H and O–H groups in total. The Morgan fingerprint density at radius 3 is 2.53 bits per heavy atom. The summed E-state index contributed by atoms with van der Waals surface area (Å²) in [7, 11) is 0. The smallest absolute Gasteiger partial charge is 0.160 e. The van der Waals surface area contributed by atoms with Gasteiger partial charge in [0.2, 0.25) is 0 Å². The van der Waals surface area contributed by atoms with Crippen LogP contribution in [0.5, 0.6) is 5.75 Å². The van der Waals surface area contributed by atoms with Crippen LogP contribution >= 0.6 is 0 Å². The zero-order chi connectivity index (χ0) is 12.1. The molecule has 1 atom stereocenters. The Kier molecular flexibility index (Phi) is 4.36. The number of benzene rings is 1. The molecule has 0 aliphatic carbocycles. The normalized spacial score (nSPS) is 18.2. The molecule has 1 aliphatic rings. The van der Waals surface area contributed by atoms with Crippen LogP contribution in [0.3, 0.4) is 0 Å². The van der Waals surface area contributed by atoms with E-state index in [9.17, 15) is 5.11 Å². The highest BCUT2D eigenvalue weighted by atomic mass is 16.7. The van der Waals surface area contributed by atoms with Gasteiger partial charge >= 0.3 is 0 Å². The molecule has 1 saturated heterocycles. The van der Waals surface area contributed by atoms with E-state index in [0.29, 0.717) is 26.2 Å². The molecule has 0 radical (unpaired) electrons. The van der Waals surface area contributed by atoms with Gasteiger partial charge in [-0.2, -0.15) is 0 Å². The van der Waals surface area contributed by atoms with Gasteiger partial charge in [-0.25, -0.2) is 0 Å². The number of aliphatic hydroxyl groups is 1. The maximum absolute atomic E-state index is 10.0. The minimum absolute atomic E-state index is 0.281. The quantitative estimate of drug-likeness (QED) is 0.851. The molecule has 1 heterocycles. The van der Waals surface area contributed by atoms with Crippen molar-refractivity contribution in [3.63, 3.8) is 0 Å². The van der Waals surface area contributed by atoms with Crippen molar-refractivity contribution in [2.24, 2.45) is 0 Å². The van der Waals surface area contributed by atoms with Gasteiger partial charge in [-0.15, -0.1) is 0 Å². The first-order valence-corrected chi connectivity index (χ1v) is 5.93. The van der Waals surface area contributed by atoms with Crippen LogP contribution in [0.25, 0.3) is 0 Å². The van der Waals surface area contributed by atoms with Gasteiger partial charge in [0.1, 0.15) is 5.75 Å². The van der Waals surface area contributed by atoms with Crippen molar-refractivity contribution in [3.8, 4) is 5.75 Å². The number of hydrogen-bond acceptors (Lipinski definition) is 4. The SMILES string of the molecule is CCOc1ccc(C(O)CC2OCCO2)cc1. The highest BCUT2D eigenvalue weighted by Crippen LogP contribution is 2.23. The first-order chi connectivity index (χ1) is 8.29. The van der Waals surface area contributed by atoms with Crippen LogP contribution in [0.15, 0.2) is 24.3 Å². The largest absolute Gasteiger partial charge is 0.494 e. The molecule has 0 bridgehead atoms. The molecule has 1 fully saturated rings. The second kappa shape index (κ2) is 6.00. The fourth-order valence-corrected chi connectivity index (χ4v) is 1.81. The van der Waals surface area contributed by atoms with Crippen molar-refractivity contribution < 1.29 is 19.3 Å². The molecule has 1 aliphatic heterocycles. The van der Waals surface area contributed by atoms with Gasteiger partial charge in [0.25, 0.3) is 0 Å². The molecule has 0 saturated carbocycles. The Morgan fingerprint density at radius 2 is 1.94 bits per heavy atom. The lowest BCUT2D eigenvalue weighted by molar-refractivity contribution is -0.0707. The van der Waals surface area contributed by atoms with Gasteiger partial charge in [0, 0.05) is 6.42 Å². The molecule has 0 spiro atoms. The van der Waals surface area contributed by atoms with Gasteiger partial charge in [-0.3, -0.25) is 0 Å². The average molecular weight is 238 g/mol. The number of ether oxygens (including phenoxy) is 3. The molecule has 4 nitrogen and oxygen atoms in total. The van der Waals surface area contributed by atoms with Crippen molar-refractivity contribution in [1.29, 1.82) is 0 Å². The molecule has 4 heteroatoms. The third-order valence-corrected chi connectivity index (χ3v) is 2.68. The van der Waals surface area contributed by atoms with Gasteiger partial charge in [0.05, 0.1) is 25.9 Å². The highest BCUT2D eigenvalue weighted by molar-refractivity contribution is 5.28. The second-order valence-electron chi connectivity index (χ2n) is 3.92. The first-order valence-electron chi connectivity index (χ1n) is 5.93. The van der Waals surface area contributed by atoms with Crippen LogP contribution in [0.4, 0.5) is 0 Å². The van der Waals surface area contributed by atoms with Crippen LogP contribution < -0.4 is 4.74 Å². The lowest BCUT2D eigenvalue weighted by atomic mass is 10.1. The molecule has 17 heavy (non-hydrogen) atoms. The van der Waals surface area contributed by atoms with Crippen molar-refractivity contribution in [2.45, 2.75) is 25.7 Å². The molecule has 94 valence electrons. The van der Waals surface area contributed by atoms with E-state index in [4.69, 9.17) is 14.2 Å². The minimum Gasteiger partial charge on any atom is -0.494 e. The Bertz CT molecular complexity index is 330. The zero-order valence-electron chi connectivity index (χ0n) is 9.96. The number of rotatable bonds is 5. The van der Waals surface area contributed by atoms with E-state index in [1.165, 1.54) is 0 Å². The molecule has 1 unspecified atom stereocenters. The van der Waals surface area contributed by atoms with E-state index in [0.717, 1.165) is 11.3 Å². The number of aliphatic hydroxyl groups excluding tert-OH is 1. The van der Waals surface area contributed by atoms with E-state index in [-0.39, 0.29) is 6.29 Å². The molecule has 0 aromatic heterocycles. The zero-order valence-corrected chi connectivity index (χ0v) is 9.96. The molecule has 2 rings (SSSR count). The van der Waals surface area contributed by atoms with Crippen LogP contribution in [0.1, 0.15) is 25.0 Å². The van der Waals surface area contributed by atoms with Crippen molar-refractivity contribution >= 4 is 0 Å². The minimum atomic E-state index is -0.561. The first kappa shape index (κ1) is 12.4. The van der Waals surface area contributed by atoms with Gasteiger partial charge < -0.3 is 19.3 Å². The van der Waals surface area contributed by atoms with E-state index in [2.05, 4.69) is 0 Å². The molecule has 0 amide bonds. The summed E-state index contributed by atoms with van der Waals surface area (Å²) in [4.78, 5) is 0. The van der Waals surface area contributed by atoms with Crippen molar-refractivity contribution in [3.05, 3.63) is 29.8 Å². The fourth-order valence-electron chi connectivity index (χ4n) is 1.81. The van der Waals surface area contributed by atoms with Gasteiger partial charge in [0.15, 0.2) is 6.29 Å². The summed E-state index contributed by atoms with van der Waals surface area (Å²) in [5.74, 6) is 0.816. The van der Waals surface area contributed by atoms with E-state index in [1.807, 2.05) is 31.2 Å². The standard InChI is InChI=1S/C13H18O4/c1-2-15-11-5-3-10(4-6-11)12(14)9-13-16-7-8-17-13/h3-6,12-14H,2,7-9H2,1H3. The van der Waals surface area contributed by atoms with Gasteiger partial charge in [-0.05, 0) is 24.6 Å². The van der Waals surface area contributed by atoms with E-state index in [1.54, 1.807) is 0 Å². The summed E-state index contributed by atoms with van der Waals surface area (Å²) in [5.41, 5.74) is 0.854. The third kappa shape index (κ3) is 3.43. The third-order valence-electron chi connectivity index (χ3n) is 2.68. The fraction of sp³-hybridized carbons (Fsp3) is 0.538. The summed E-state index contributed by atoms with van der Waals surface area (Å²) < 4.78 is 15.9. The summed E-state index contributed by atoms with van der Waals surface area (Å²) >= 11 is 0. The summed E-state index contributed by atoms with van der Waals surface area (Å²) in [6, 6.07) is 7.45. The molecular formula is C13H18O4. The van der Waals surface area contributed by atoms with Crippen molar-refractivity contribution in [1.82, 2.24) is 0 Å².